The molecule has 0 aliphatic heterocycles. The molecule has 274 valence electrons. The summed E-state index contributed by atoms with van der Waals surface area (Å²) in [4.78, 5) is 0. The molecule has 0 radical (unpaired) electrons. The van der Waals surface area contributed by atoms with Crippen molar-refractivity contribution in [2.75, 3.05) is 0 Å². The third-order valence-electron chi connectivity index (χ3n) is 13.5. The van der Waals surface area contributed by atoms with E-state index in [4.69, 9.17) is 0 Å². The molecular weight excluding hydrogens is 691 g/mol. The van der Waals surface area contributed by atoms with E-state index in [9.17, 15) is 0 Å². The zero-order valence-corrected chi connectivity index (χ0v) is 32.8. The van der Waals surface area contributed by atoms with Gasteiger partial charge in [0.1, 0.15) is 0 Å². The Kier molecular flexibility index (Phi) is 6.58. The minimum atomic E-state index is 0.107. The lowest BCUT2D eigenvalue weighted by atomic mass is 9.63. The quantitative estimate of drug-likeness (QED) is 0.172. The van der Waals surface area contributed by atoms with Gasteiger partial charge in [-0.05, 0) is 124 Å². The maximum absolute atomic E-state index is 2.56. The molecule has 3 heterocycles. The van der Waals surface area contributed by atoms with Crippen LogP contribution in [0.25, 0.3) is 93.3 Å². The number of rotatable bonds is 3. The molecule has 1 aliphatic rings. The Morgan fingerprint density at radius 3 is 1.58 bits per heavy atom. The molecule has 0 fully saturated rings. The number of para-hydroxylation sites is 3. The summed E-state index contributed by atoms with van der Waals surface area (Å²) in [5.41, 5.74) is 14.1. The summed E-state index contributed by atoms with van der Waals surface area (Å²) in [6.45, 7) is 9.75. The van der Waals surface area contributed by atoms with Gasteiger partial charge in [0.2, 0.25) is 0 Å². The van der Waals surface area contributed by atoms with Crippen molar-refractivity contribution >= 4 is 76.2 Å². The molecule has 1 aliphatic carbocycles. The van der Waals surface area contributed by atoms with Gasteiger partial charge in [0.25, 0.3) is 0 Å². The van der Waals surface area contributed by atoms with Crippen molar-refractivity contribution in [3.63, 3.8) is 0 Å². The fourth-order valence-corrected chi connectivity index (χ4v) is 10.4. The highest BCUT2D eigenvalue weighted by Gasteiger charge is 2.38. The first kappa shape index (κ1) is 32.6. The van der Waals surface area contributed by atoms with Gasteiger partial charge in [-0.3, -0.25) is 0 Å². The van der Waals surface area contributed by atoms with Gasteiger partial charge < -0.3 is 13.7 Å². The molecule has 11 aromatic rings. The van der Waals surface area contributed by atoms with Gasteiger partial charge in [0.15, 0.2) is 0 Å². The number of hydrogen-bond acceptors (Lipinski definition) is 0. The summed E-state index contributed by atoms with van der Waals surface area (Å²) in [5.74, 6) is 0. The van der Waals surface area contributed by atoms with Crippen LogP contribution < -0.4 is 0 Å². The molecule has 12 rings (SSSR count). The van der Waals surface area contributed by atoms with Crippen molar-refractivity contribution in [3.05, 3.63) is 175 Å². The second kappa shape index (κ2) is 11.5. The van der Waals surface area contributed by atoms with Crippen molar-refractivity contribution in [1.29, 1.82) is 0 Å². The van der Waals surface area contributed by atoms with Crippen LogP contribution in [-0.4, -0.2) is 13.7 Å². The fourth-order valence-electron chi connectivity index (χ4n) is 10.4. The SMILES string of the molecule is CC1(C)CCC(C)(C)c2cc3c(cc21)c1cc2c4c5ccccc5ccc4n(-c4ccc5c(c4)c4ccccc4n5-c4ccccc4)c2cc1n3-c1ccccc1. The molecule has 0 saturated heterocycles. The predicted octanol–water partition coefficient (Wildman–Crippen LogP) is 14.5. The fraction of sp³-hybridized carbons (Fsp3) is 0.148. The summed E-state index contributed by atoms with van der Waals surface area (Å²) < 4.78 is 7.45. The van der Waals surface area contributed by atoms with Crippen LogP contribution in [0.1, 0.15) is 51.7 Å². The number of nitrogens with zero attached hydrogens (tertiary/aromatic N) is 3. The highest BCUT2D eigenvalue weighted by molar-refractivity contribution is 6.25. The van der Waals surface area contributed by atoms with E-state index in [1.807, 2.05) is 0 Å². The first-order valence-corrected chi connectivity index (χ1v) is 20.4. The molecule has 0 bridgehead atoms. The van der Waals surface area contributed by atoms with Crippen molar-refractivity contribution in [1.82, 2.24) is 13.7 Å². The molecule has 0 N–H and O–H groups in total. The van der Waals surface area contributed by atoms with Gasteiger partial charge in [-0.1, -0.05) is 113 Å². The lowest BCUT2D eigenvalue weighted by molar-refractivity contribution is 0.332. The average molecular weight is 734 g/mol. The average Bonchev–Trinajstić information content (AvgIpc) is 3.86. The van der Waals surface area contributed by atoms with E-state index in [-0.39, 0.29) is 10.8 Å². The number of hydrogen-bond donors (Lipinski definition) is 0. The Morgan fingerprint density at radius 1 is 0.333 bits per heavy atom. The van der Waals surface area contributed by atoms with Crippen LogP contribution >= 0.6 is 0 Å². The highest BCUT2D eigenvalue weighted by atomic mass is 15.0. The second-order valence-corrected chi connectivity index (χ2v) is 17.6. The minimum Gasteiger partial charge on any atom is -0.309 e. The van der Waals surface area contributed by atoms with Crippen LogP contribution in [0.3, 0.4) is 0 Å². The lowest BCUT2D eigenvalue weighted by Gasteiger charge is -2.42. The Labute approximate surface area is 332 Å². The smallest absolute Gasteiger partial charge is 0.0562 e. The van der Waals surface area contributed by atoms with E-state index in [0.717, 1.165) is 5.69 Å². The number of benzene rings is 8. The van der Waals surface area contributed by atoms with Crippen molar-refractivity contribution in [2.24, 2.45) is 0 Å². The molecule has 0 unspecified atom stereocenters. The Morgan fingerprint density at radius 2 is 0.842 bits per heavy atom. The molecule has 3 heteroatoms. The monoisotopic (exact) mass is 733 g/mol. The normalized spacial score (nSPS) is 15.2. The van der Waals surface area contributed by atoms with E-state index < -0.39 is 0 Å². The van der Waals surface area contributed by atoms with E-state index in [1.165, 1.54) is 112 Å². The van der Waals surface area contributed by atoms with E-state index in [2.05, 4.69) is 205 Å². The van der Waals surface area contributed by atoms with Gasteiger partial charge >= 0.3 is 0 Å². The first-order valence-electron chi connectivity index (χ1n) is 20.4. The van der Waals surface area contributed by atoms with Gasteiger partial charge in [-0.25, -0.2) is 0 Å². The van der Waals surface area contributed by atoms with Crippen LogP contribution in [0.2, 0.25) is 0 Å². The highest BCUT2D eigenvalue weighted by Crippen LogP contribution is 2.50. The molecule has 3 nitrogen and oxygen atoms in total. The van der Waals surface area contributed by atoms with Crippen LogP contribution in [0.4, 0.5) is 0 Å². The summed E-state index contributed by atoms with van der Waals surface area (Å²) in [5, 5.41) is 10.3. The first-order chi connectivity index (χ1) is 27.8. The second-order valence-electron chi connectivity index (χ2n) is 17.6. The molecule has 0 amide bonds. The molecule has 3 aromatic heterocycles. The summed E-state index contributed by atoms with van der Waals surface area (Å²) in [6, 6.07) is 61.2. The van der Waals surface area contributed by atoms with Crippen molar-refractivity contribution in [2.45, 2.75) is 51.4 Å². The zero-order chi connectivity index (χ0) is 38.2. The Hall–Kier alpha value is -6.58. The van der Waals surface area contributed by atoms with Crippen LogP contribution in [0.5, 0.6) is 0 Å². The number of fused-ring (bicyclic) bond motifs is 12. The molecule has 0 spiro atoms. The third-order valence-corrected chi connectivity index (χ3v) is 13.5. The van der Waals surface area contributed by atoms with E-state index >= 15 is 0 Å². The lowest BCUT2D eigenvalue weighted by Crippen LogP contribution is -2.33. The molecule has 8 aromatic carbocycles. The van der Waals surface area contributed by atoms with Gasteiger partial charge in [0.05, 0.1) is 33.1 Å². The van der Waals surface area contributed by atoms with Crippen molar-refractivity contribution in [3.8, 4) is 17.1 Å². The number of aromatic nitrogens is 3. The maximum Gasteiger partial charge on any atom is 0.0562 e. The van der Waals surface area contributed by atoms with Crippen LogP contribution in [0, 0.1) is 0 Å². The molecule has 57 heavy (non-hydrogen) atoms. The standard InChI is InChI=1S/C54H43N3/c1-53(2)27-28-54(3,4)45-32-49-42(31-44(45)53)41-30-43-51(33-50(41)56(49)36-18-9-6-10-19-36)57(48-25-23-34-15-11-12-20-38(34)52(43)48)37-24-26-47-40(29-37)39-21-13-14-22-46(39)55(47)35-16-7-5-8-17-35/h5-26,29-33H,27-28H2,1-4H3. The Balaban J connectivity index is 1.23. The summed E-state index contributed by atoms with van der Waals surface area (Å²) >= 11 is 0. The largest absolute Gasteiger partial charge is 0.309 e. The van der Waals surface area contributed by atoms with Gasteiger partial charge in [-0.2, -0.15) is 0 Å². The molecule has 0 saturated carbocycles. The minimum absolute atomic E-state index is 0.107. The van der Waals surface area contributed by atoms with E-state index in [1.54, 1.807) is 0 Å². The summed E-state index contributed by atoms with van der Waals surface area (Å²) in [6.07, 6.45) is 2.37. The molecular formula is C54H43N3. The maximum atomic E-state index is 2.56. The summed E-state index contributed by atoms with van der Waals surface area (Å²) in [7, 11) is 0. The van der Waals surface area contributed by atoms with Gasteiger partial charge in [-0.15, -0.1) is 0 Å². The zero-order valence-electron chi connectivity index (χ0n) is 32.8. The topological polar surface area (TPSA) is 14.8 Å². The van der Waals surface area contributed by atoms with Gasteiger partial charge in [0, 0.05) is 49.4 Å². The van der Waals surface area contributed by atoms with Crippen LogP contribution in [-0.2, 0) is 10.8 Å². The van der Waals surface area contributed by atoms with Crippen LogP contribution in [0.15, 0.2) is 164 Å². The van der Waals surface area contributed by atoms with E-state index in [0.29, 0.717) is 0 Å². The molecule has 0 atom stereocenters. The predicted molar refractivity (Wildman–Crippen MR) is 242 cm³/mol. The Bertz CT molecular complexity index is 3440. The van der Waals surface area contributed by atoms with Crippen molar-refractivity contribution < 1.29 is 0 Å². The third kappa shape index (κ3) is 4.54.